The van der Waals surface area contributed by atoms with Gasteiger partial charge in [0.2, 0.25) is 6.29 Å². The number of fused-ring (bicyclic) bond motifs is 7. The van der Waals surface area contributed by atoms with Gasteiger partial charge in [0.25, 0.3) is 0 Å². The van der Waals surface area contributed by atoms with Crippen LogP contribution in [0.3, 0.4) is 0 Å². The molecular weight excluding hydrogens is 1000 g/mol. The highest BCUT2D eigenvalue weighted by Gasteiger charge is 2.72. The van der Waals surface area contributed by atoms with Crippen molar-refractivity contribution in [3.8, 4) is 0 Å². The van der Waals surface area contributed by atoms with Gasteiger partial charge in [0.15, 0.2) is 18.9 Å². The highest BCUT2D eigenvalue weighted by molar-refractivity contribution is 5.79. The minimum absolute atomic E-state index is 0.0459. The molecule has 23 nitrogen and oxygen atoms in total. The van der Waals surface area contributed by atoms with E-state index in [2.05, 4.69) is 40.7 Å². The summed E-state index contributed by atoms with van der Waals surface area (Å²) in [5, 5.41) is 150. The monoisotopic (exact) mass is 1090 g/mol. The van der Waals surface area contributed by atoms with Crippen molar-refractivity contribution in [1.29, 1.82) is 0 Å². The van der Waals surface area contributed by atoms with Crippen LogP contribution in [0.15, 0.2) is 11.6 Å². The van der Waals surface area contributed by atoms with Crippen LogP contribution in [0.2, 0.25) is 0 Å². The molecule has 0 aromatic carbocycles. The van der Waals surface area contributed by atoms with Gasteiger partial charge in [-0.25, -0.2) is 0 Å². The topological polar surface area (TPSA) is 374 Å². The summed E-state index contributed by atoms with van der Waals surface area (Å²) in [5.74, 6) is -1.39. The van der Waals surface area contributed by atoms with E-state index in [1.165, 1.54) is 0 Å². The Kier molecular flexibility index (Phi) is 16.5. The number of aliphatic hydroxyl groups is 14. The Labute approximate surface area is 442 Å². The molecule has 436 valence electrons. The van der Waals surface area contributed by atoms with Crippen LogP contribution in [0, 0.1) is 50.7 Å². The second-order valence-corrected chi connectivity index (χ2v) is 25.5. The number of hydrogen-bond donors (Lipinski definition) is 14. The Hall–Kier alpha value is -1.63. The number of aliphatic hydroxyl groups excluding tert-OH is 13. The van der Waals surface area contributed by atoms with Gasteiger partial charge in [-0.3, -0.25) is 4.79 Å². The van der Waals surface area contributed by atoms with Crippen LogP contribution in [-0.4, -0.2) is 232 Å². The highest BCUT2D eigenvalue weighted by Crippen LogP contribution is 2.76. The van der Waals surface area contributed by atoms with Gasteiger partial charge in [0.05, 0.1) is 43.5 Å². The van der Waals surface area contributed by atoms with E-state index in [1.807, 2.05) is 6.92 Å². The molecule has 0 amide bonds. The largest absolute Gasteiger partial charge is 0.432 e. The first-order chi connectivity index (χ1) is 35.6. The van der Waals surface area contributed by atoms with Crippen molar-refractivity contribution in [1.82, 2.24) is 0 Å². The number of carbonyl (C=O) groups excluding carboxylic acids is 1. The van der Waals surface area contributed by atoms with Gasteiger partial charge < -0.3 is 109 Å². The van der Waals surface area contributed by atoms with E-state index < -0.39 is 183 Å². The molecule has 0 bridgehead atoms. The first kappa shape index (κ1) is 59.0. The average Bonchev–Trinajstić information content (AvgIpc) is 3.48. The number of esters is 1. The third kappa shape index (κ3) is 9.18. The van der Waals surface area contributed by atoms with Crippen molar-refractivity contribution in [3.63, 3.8) is 0 Å². The van der Waals surface area contributed by atoms with Crippen molar-refractivity contribution in [2.75, 3.05) is 26.4 Å². The molecule has 9 rings (SSSR count). The van der Waals surface area contributed by atoms with Gasteiger partial charge >= 0.3 is 5.97 Å². The maximum Gasteiger partial charge on any atom is 0.315 e. The van der Waals surface area contributed by atoms with Crippen LogP contribution in [0.25, 0.3) is 0 Å². The van der Waals surface area contributed by atoms with Crippen molar-refractivity contribution >= 4 is 5.97 Å². The summed E-state index contributed by atoms with van der Waals surface area (Å²) in [7, 11) is 0. The Balaban J connectivity index is 0.989. The number of allylic oxidation sites excluding steroid dienone is 1. The summed E-state index contributed by atoms with van der Waals surface area (Å²) >= 11 is 0. The number of carbonyl (C=O) groups is 1. The van der Waals surface area contributed by atoms with Gasteiger partial charge in [0, 0.05) is 5.92 Å². The fourth-order valence-corrected chi connectivity index (χ4v) is 16.5. The molecule has 4 aliphatic heterocycles. The van der Waals surface area contributed by atoms with E-state index >= 15 is 0 Å². The number of hydrogen-bond acceptors (Lipinski definition) is 23. The molecule has 23 heteroatoms. The van der Waals surface area contributed by atoms with E-state index in [4.69, 9.17) is 37.9 Å². The lowest BCUT2D eigenvalue weighted by Crippen LogP contribution is -2.68. The zero-order chi connectivity index (χ0) is 55.6. The molecule has 0 aromatic heterocycles. The first-order valence-electron chi connectivity index (χ1n) is 27.4. The molecule has 76 heavy (non-hydrogen) atoms. The Morgan fingerprint density at radius 1 is 0.592 bits per heavy atom. The molecule has 4 heterocycles. The molecule has 5 aliphatic carbocycles. The van der Waals surface area contributed by atoms with E-state index in [1.54, 1.807) is 6.92 Å². The lowest BCUT2D eigenvalue weighted by atomic mass is 9.33. The van der Waals surface area contributed by atoms with Crippen LogP contribution in [0.4, 0.5) is 0 Å². The van der Waals surface area contributed by atoms with Crippen molar-refractivity contribution in [2.24, 2.45) is 50.7 Å². The summed E-state index contributed by atoms with van der Waals surface area (Å²) in [6, 6.07) is 0. The fourth-order valence-electron chi connectivity index (χ4n) is 16.5. The summed E-state index contributed by atoms with van der Waals surface area (Å²) < 4.78 is 48.6. The summed E-state index contributed by atoms with van der Waals surface area (Å²) in [6.45, 7) is 12.4. The number of rotatable bonds is 11. The molecular formula is C53H86O23. The van der Waals surface area contributed by atoms with E-state index in [0.29, 0.717) is 44.9 Å². The molecule has 29 atom stereocenters. The fraction of sp³-hybridized carbons (Fsp3) is 0.943. The molecule has 4 saturated heterocycles. The lowest BCUT2D eigenvalue weighted by Gasteiger charge is -2.72. The third-order valence-corrected chi connectivity index (χ3v) is 21.5. The summed E-state index contributed by atoms with van der Waals surface area (Å²) in [6.07, 6.45) is -24.3. The Morgan fingerprint density at radius 2 is 1.12 bits per heavy atom. The molecule has 4 saturated carbocycles. The van der Waals surface area contributed by atoms with Crippen LogP contribution in [0.1, 0.15) is 106 Å². The minimum atomic E-state index is -1.89. The zero-order valence-corrected chi connectivity index (χ0v) is 44.6. The van der Waals surface area contributed by atoms with Gasteiger partial charge in [-0.05, 0) is 104 Å². The Bertz CT molecular complexity index is 2090. The first-order valence-corrected chi connectivity index (χ1v) is 27.4. The molecule has 9 aliphatic rings. The second kappa shape index (κ2) is 21.3. The average molecular weight is 1090 g/mol. The van der Waals surface area contributed by atoms with E-state index in [0.717, 1.165) is 18.4 Å². The van der Waals surface area contributed by atoms with E-state index in [-0.39, 0.29) is 28.6 Å². The highest BCUT2D eigenvalue weighted by atomic mass is 16.8. The van der Waals surface area contributed by atoms with Crippen molar-refractivity contribution in [3.05, 3.63) is 11.6 Å². The predicted molar refractivity (Wildman–Crippen MR) is 258 cm³/mol. The molecule has 0 unspecified atom stereocenters. The normalized spacial score (nSPS) is 55.2. The minimum Gasteiger partial charge on any atom is -0.432 e. The number of ether oxygens (including phenoxy) is 8. The molecule has 14 N–H and O–H groups in total. The zero-order valence-electron chi connectivity index (χ0n) is 44.6. The standard InChI is InChI=1S/C53H86O23/c1-22-10-15-53(47(67)76-45-39(66)36(63)33(60)27(20-56)72-45)17-16-50(5)23(42(53)52(22,7)68)8-9-29-49(4)13-12-30(48(2,3)28(49)11-14-51(29,50)6)73-46-41(75-44-38(65)35(62)32(59)26(19-55)71-44)40(24(57)21-69-46)74-43-37(64)34(61)31(58)25(18-54)70-43/h8,22,24-46,54-66,68H,9-21H2,1-7H3/t22-,24-,25+,26+,27+,28-,29+,30-,31+,32+,33+,34-,35-,36-,37+,38+,39+,40-,41+,42+,43-,44-,45-,46+,49-,50+,51+,52+,53-/m0/s1. The summed E-state index contributed by atoms with van der Waals surface area (Å²) in [4.78, 5) is 14.8. The van der Waals surface area contributed by atoms with Crippen LogP contribution >= 0.6 is 0 Å². The smallest absolute Gasteiger partial charge is 0.315 e. The van der Waals surface area contributed by atoms with Crippen LogP contribution < -0.4 is 0 Å². The molecule has 0 aromatic rings. The third-order valence-electron chi connectivity index (χ3n) is 21.5. The van der Waals surface area contributed by atoms with Crippen molar-refractivity contribution < 1.29 is 114 Å². The van der Waals surface area contributed by atoms with Gasteiger partial charge in [-0.1, -0.05) is 53.2 Å². The SMILES string of the molecule is C[C@H]1CC[C@]2(C(=O)O[C@@H]3O[C@H](CO)[C@@H](O)[C@H](O)[C@H]3O)CC[C@]3(C)C(=CC[C@@H]4[C@@]5(C)CC[C@H](O[C@H]6OC[C@H](O)[C@H](O[C@@H]7O[C@H](CO)[C@@H](O)[C@H](O)[C@H]7O)[C@H]6O[C@@H]6O[C@H](CO)[C@@H](O)[C@H](O)[C@H]6O)C(C)(C)[C@@H]5CC[C@]43C)[C@@H]2[C@]1(C)O. The maximum absolute atomic E-state index is 14.8. The molecule has 0 radical (unpaired) electrons. The molecule has 0 spiro atoms. The van der Waals surface area contributed by atoms with Gasteiger partial charge in [-0.15, -0.1) is 0 Å². The van der Waals surface area contributed by atoms with Crippen LogP contribution in [0.5, 0.6) is 0 Å². The van der Waals surface area contributed by atoms with Crippen molar-refractivity contribution in [2.45, 2.75) is 235 Å². The summed E-state index contributed by atoms with van der Waals surface area (Å²) in [5.41, 5.74) is -3.28. The second-order valence-electron chi connectivity index (χ2n) is 25.5. The lowest BCUT2D eigenvalue weighted by molar-refractivity contribution is -0.389. The maximum atomic E-state index is 14.8. The van der Waals surface area contributed by atoms with Crippen LogP contribution in [-0.2, 0) is 42.7 Å². The quantitative estimate of drug-likeness (QED) is 0.0581. The Morgan fingerprint density at radius 3 is 1.67 bits per heavy atom. The van der Waals surface area contributed by atoms with Gasteiger partial charge in [0.1, 0.15) is 91.6 Å². The molecule has 8 fully saturated rings. The van der Waals surface area contributed by atoms with E-state index in [9.17, 15) is 76.3 Å². The van der Waals surface area contributed by atoms with Gasteiger partial charge in [-0.2, -0.15) is 0 Å². The predicted octanol–water partition coefficient (Wildman–Crippen LogP) is -2.43.